The van der Waals surface area contributed by atoms with Gasteiger partial charge in [-0.3, -0.25) is 9.59 Å². The van der Waals surface area contributed by atoms with E-state index in [4.69, 9.17) is 32.7 Å². The number of fused-ring (bicyclic) bond motifs is 2. The number of rotatable bonds is 8. The molecule has 2 fully saturated rings. The van der Waals surface area contributed by atoms with Crippen LogP contribution in [0.2, 0.25) is 10.0 Å². The molecule has 1 aliphatic carbocycles. The Hall–Kier alpha value is -4.62. The fourth-order valence-electron chi connectivity index (χ4n) is 7.09. The number of nitrogens with one attached hydrogen (secondary N) is 1. The molecule has 3 heterocycles. The number of aromatic nitrogens is 1. The van der Waals surface area contributed by atoms with Gasteiger partial charge in [0.1, 0.15) is 24.6 Å². The standard InChI is InChI=1S/C39H35Cl2FN4O6S/c1-23-18-26(41)6-10-29(23)37(24-2-4-25(40)5-3-24)43-39(48)31-22-46(27-7-8-27)33-21-34(32(42)20-30(33)38(31)47)44-12-14-45(15-13-44)53(49,50)28-9-11-35-36(19-28)52-17-16-51-35/h2-6,9-11,18-22,27,37H,7-8,12-17H2,1H3,(H,43,48). The molecule has 3 aliphatic rings. The highest BCUT2D eigenvalue weighted by atomic mass is 35.5. The molecule has 14 heteroatoms. The highest BCUT2D eigenvalue weighted by Crippen LogP contribution is 2.39. The van der Waals surface area contributed by atoms with E-state index < -0.39 is 33.2 Å². The summed E-state index contributed by atoms with van der Waals surface area (Å²) >= 11 is 12.4. The van der Waals surface area contributed by atoms with Gasteiger partial charge in [-0.1, -0.05) is 41.4 Å². The number of anilines is 1. The Labute approximate surface area is 315 Å². The normalized spacial score (nSPS) is 16.8. The number of hydrogen-bond acceptors (Lipinski definition) is 7. The number of halogens is 3. The molecule has 1 saturated heterocycles. The van der Waals surface area contributed by atoms with Gasteiger partial charge in [0.25, 0.3) is 5.91 Å². The SMILES string of the molecule is Cc1cc(Cl)ccc1C(NC(=O)c1cn(C2CC2)c2cc(N3CCN(S(=O)(=O)c4ccc5c(c4)OCCO5)CC3)c(F)cc2c1=O)c1ccc(Cl)cc1. The van der Waals surface area contributed by atoms with Gasteiger partial charge in [-0.15, -0.1) is 0 Å². The van der Waals surface area contributed by atoms with E-state index in [1.165, 1.54) is 22.5 Å². The summed E-state index contributed by atoms with van der Waals surface area (Å²) in [6.07, 6.45) is 3.27. The van der Waals surface area contributed by atoms with Crippen molar-refractivity contribution < 1.29 is 27.1 Å². The second-order valence-electron chi connectivity index (χ2n) is 13.5. The number of aryl methyl sites for hydroxylation is 1. The molecule has 1 N–H and O–H groups in total. The second-order valence-corrected chi connectivity index (χ2v) is 16.3. The molecule has 4 aromatic carbocycles. The predicted octanol–water partition coefficient (Wildman–Crippen LogP) is 6.89. The van der Waals surface area contributed by atoms with Gasteiger partial charge in [0.15, 0.2) is 11.5 Å². The summed E-state index contributed by atoms with van der Waals surface area (Å²) < 4.78 is 57.5. The van der Waals surface area contributed by atoms with Gasteiger partial charge in [0.2, 0.25) is 15.5 Å². The van der Waals surface area contributed by atoms with Crippen molar-refractivity contribution >= 4 is 55.7 Å². The molecule has 5 aromatic rings. The van der Waals surface area contributed by atoms with Crippen LogP contribution in [0.1, 0.15) is 52.0 Å². The van der Waals surface area contributed by atoms with Crippen molar-refractivity contribution in [3.8, 4) is 11.5 Å². The smallest absolute Gasteiger partial charge is 0.257 e. The van der Waals surface area contributed by atoms with Crippen molar-refractivity contribution in [1.29, 1.82) is 0 Å². The van der Waals surface area contributed by atoms with Crippen molar-refractivity contribution in [2.24, 2.45) is 0 Å². The number of sulfonamides is 1. The van der Waals surface area contributed by atoms with Crippen molar-refractivity contribution in [2.45, 2.75) is 36.7 Å². The number of nitrogens with zero attached hydrogens (tertiary/aromatic N) is 3. The molecular weight excluding hydrogens is 742 g/mol. The van der Waals surface area contributed by atoms with Gasteiger partial charge in [-0.25, -0.2) is 12.8 Å². The van der Waals surface area contributed by atoms with Gasteiger partial charge in [0, 0.05) is 59.9 Å². The van der Waals surface area contributed by atoms with Gasteiger partial charge in [0.05, 0.1) is 22.1 Å². The number of piperazine rings is 1. The molecule has 53 heavy (non-hydrogen) atoms. The lowest BCUT2D eigenvalue weighted by Gasteiger charge is -2.35. The Bertz CT molecular complexity index is 2430. The van der Waals surface area contributed by atoms with E-state index in [1.807, 2.05) is 35.8 Å². The number of carbonyl (C=O) groups is 1. The molecular formula is C39H35Cl2FN4O6S. The Morgan fingerprint density at radius 2 is 1.58 bits per heavy atom. The summed E-state index contributed by atoms with van der Waals surface area (Å²) in [6, 6.07) is 19.3. The number of pyridine rings is 1. The van der Waals surface area contributed by atoms with E-state index in [1.54, 1.807) is 41.4 Å². The average molecular weight is 778 g/mol. The fraction of sp³-hybridized carbons (Fsp3) is 0.282. The molecule has 1 atom stereocenters. The molecule has 1 unspecified atom stereocenters. The van der Waals surface area contributed by atoms with E-state index in [2.05, 4.69) is 5.32 Å². The van der Waals surface area contributed by atoms with Crippen LogP contribution in [0, 0.1) is 12.7 Å². The highest BCUT2D eigenvalue weighted by Gasteiger charge is 2.33. The lowest BCUT2D eigenvalue weighted by molar-refractivity contribution is 0.0941. The minimum Gasteiger partial charge on any atom is -0.486 e. The zero-order chi connectivity index (χ0) is 37.0. The number of ether oxygens (including phenoxy) is 2. The van der Waals surface area contributed by atoms with Crippen LogP contribution in [-0.4, -0.2) is 62.6 Å². The van der Waals surface area contributed by atoms with Crippen molar-refractivity contribution in [3.05, 3.63) is 127 Å². The largest absolute Gasteiger partial charge is 0.486 e. The number of carbonyl (C=O) groups excluding carboxylic acids is 1. The monoisotopic (exact) mass is 776 g/mol. The molecule has 0 radical (unpaired) electrons. The lowest BCUT2D eigenvalue weighted by atomic mass is 9.94. The highest BCUT2D eigenvalue weighted by molar-refractivity contribution is 7.89. The van der Waals surface area contributed by atoms with Gasteiger partial charge in [-0.2, -0.15) is 4.31 Å². The first-order valence-electron chi connectivity index (χ1n) is 17.3. The predicted molar refractivity (Wildman–Crippen MR) is 202 cm³/mol. The van der Waals surface area contributed by atoms with E-state index in [0.29, 0.717) is 40.3 Å². The lowest BCUT2D eigenvalue weighted by Crippen LogP contribution is -2.49. The minimum absolute atomic E-state index is 0.0431. The van der Waals surface area contributed by atoms with Gasteiger partial charge in [-0.05, 0) is 85.0 Å². The average Bonchev–Trinajstić information content (AvgIpc) is 4.00. The van der Waals surface area contributed by atoms with Crippen LogP contribution in [0.3, 0.4) is 0 Å². The maximum absolute atomic E-state index is 16.0. The summed E-state index contributed by atoms with van der Waals surface area (Å²) in [5.41, 5.74) is 2.50. The summed E-state index contributed by atoms with van der Waals surface area (Å²) in [4.78, 5) is 29.9. The summed E-state index contributed by atoms with van der Waals surface area (Å²) in [5, 5.41) is 4.24. The maximum Gasteiger partial charge on any atom is 0.257 e. The quantitative estimate of drug-likeness (QED) is 0.183. The Morgan fingerprint density at radius 1 is 0.887 bits per heavy atom. The number of benzene rings is 4. The molecule has 10 nitrogen and oxygen atoms in total. The molecule has 1 aromatic heterocycles. The Kier molecular flexibility index (Phi) is 9.34. The summed E-state index contributed by atoms with van der Waals surface area (Å²) in [5.74, 6) is -0.345. The van der Waals surface area contributed by atoms with Crippen LogP contribution in [-0.2, 0) is 10.0 Å². The first-order valence-corrected chi connectivity index (χ1v) is 19.5. The molecule has 1 amide bonds. The van der Waals surface area contributed by atoms with Crippen LogP contribution in [0.4, 0.5) is 10.1 Å². The Balaban J connectivity index is 1.08. The van der Waals surface area contributed by atoms with Crippen LogP contribution >= 0.6 is 23.2 Å². The fourth-order valence-corrected chi connectivity index (χ4v) is 8.88. The van der Waals surface area contributed by atoms with Crippen molar-refractivity contribution in [1.82, 2.24) is 14.2 Å². The second kappa shape index (κ2) is 14.0. The zero-order valence-corrected chi connectivity index (χ0v) is 31.0. The summed E-state index contributed by atoms with van der Waals surface area (Å²) in [7, 11) is -3.84. The van der Waals surface area contributed by atoms with Crippen LogP contribution in [0.25, 0.3) is 10.9 Å². The zero-order valence-electron chi connectivity index (χ0n) is 28.7. The summed E-state index contributed by atoms with van der Waals surface area (Å²) in [6.45, 7) is 3.36. The number of hydrogen-bond donors (Lipinski definition) is 1. The molecule has 0 bridgehead atoms. The van der Waals surface area contributed by atoms with Crippen molar-refractivity contribution in [3.63, 3.8) is 0 Å². The molecule has 1 saturated carbocycles. The number of amides is 1. The molecule has 8 rings (SSSR count). The van der Waals surface area contributed by atoms with E-state index in [-0.39, 0.29) is 53.8 Å². The van der Waals surface area contributed by atoms with Crippen LogP contribution < -0.4 is 25.1 Å². The van der Waals surface area contributed by atoms with Crippen LogP contribution in [0.5, 0.6) is 11.5 Å². The third-order valence-electron chi connectivity index (χ3n) is 10.0. The molecule has 2 aliphatic heterocycles. The van der Waals surface area contributed by atoms with Crippen molar-refractivity contribution in [2.75, 3.05) is 44.3 Å². The first kappa shape index (κ1) is 35.4. The third-order valence-corrected chi connectivity index (χ3v) is 12.4. The van der Waals surface area contributed by atoms with Crippen LogP contribution in [0.15, 0.2) is 88.7 Å². The van der Waals surface area contributed by atoms with E-state index in [9.17, 15) is 18.0 Å². The first-order chi connectivity index (χ1) is 25.5. The van der Waals surface area contributed by atoms with Gasteiger partial charge < -0.3 is 24.3 Å². The van der Waals surface area contributed by atoms with E-state index in [0.717, 1.165) is 29.5 Å². The topological polar surface area (TPSA) is 110 Å². The molecule has 274 valence electrons. The van der Waals surface area contributed by atoms with Gasteiger partial charge >= 0.3 is 0 Å². The molecule has 0 spiro atoms. The Morgan fingerprint density at radius 3 is 2.28 bits per heavy atom. The third kappa shape index (κ3) is 6.85. The maximum atomic E-state index is 16.0. The minimum atomic E-state index is -3.84. The van der Waals surface area contributed by atoms with E-state index >= 15 is 4.39 Å².